The molecule has 0 aromatic carbocycles. The molecule has 0 aliphatic carbocycles. The second-order valence-electron chi connectivity index (χ2n) is 3.46. The minimum atomic E-state index is 0.271. The standard InChI is InChI=1S/C9H17N3O/c1-12(2)6-9(11-10)5-8-3-4-13-7-8/h3-4,7,9,11H,5-6,10H2,1-2H3. The molecule has 0 amide bonds. The zero-order valence-electron chi connectivity index (χ0n) is 8.16. The van der Waals surface area contributed by atoms with Crippen LogP contribution in [0.3, 0.4) is 0 Å². The smallest absolute Gasteiger partial charge is 0.0935 e. The Morgan fingerprint density at radius 3 is 2.85 bits per heavy atom. The Balaban J connectivity index is 2.40. The van der Waals surface area contributed by atoms with E-state index in [1.807, 2.05) is 20.2 Å². The Kier molecular flexibility index (Phi) is 3.95. The molecule has 0 aliphatic heterocycles. The van der Waals surface area contributed by atoms with Crippen molar-refractivity contribution in [1.29, 1.82) is 0 Å². The molecule has 0 saturated carbocycles. The van der Waals surface area contributed by atoms with Gasteiger partial charge in [-0.3, -0.25) is 11.3 Å². The molecule has 1 rings (SSSR count). The molecule has 0 saturated heterocycles. The normalized spacial score (nSPS) is 13.5. The van der Waals surface area contributed by atoms with Crippen molar-refractivity contribution < 1.29 is 4.42 Å². The van der Waals surface area contributed by atoms with E-state index < -0.39 is 0 Å². The Labute approximate surface area is 78.7 Å². The summed E-state index contributed by atoms with van der Waals surface area (Å²) >= 11 is 0. The van der Waals surface area contributed by atoms with Crippen molar-refractivity contribution in [2.45, 2.75) is 12.5 Å². The van der Waals surface area contributed by atoms with E-state index in [-0.39, 0.29) is 6.04 Å². The molecule has 0 spiro atoms. The van der Waals surface area contributed by atoms with Crippen LogP contribution in [-0.2, 0) is 6.42 Å². The fourth-order valence-corrected chi connectivity index (χ4v) is 1.31. The van der Waals surface area contributed by atoms with Gasteiger partial charge in [0.1, 0.15) is 0 Å². The Bertz CT molecular complexity index is 221. The highest BCUT2D eigenvalue weighted by Crippen LogP contribution is 2.04. The lowest BCUT2D eigenvalue weighted by Gasteiger charge is -2.19. The van der Waals surface area contributed by atoms with E-state index in [1.54, 1.807) is 12.5 Å². The van der Waals surface area contributed by atoms with E-state index in [0.717, 1.165) is 13.0 Å². The maximum Gasteiger partial charge on any atom is 0.0935 e. The molecule has 1 unspecified atom stereocenters. The summed E-state index contributed by atoms with van der Waals surface area (Å²) in [5.41, 5.74) is 3.96. The van der Waals surface area contributed by atoms with Crippen LogP contribution in [0.25, 0.3) is 0 Å². The molecule has 0 bridgehead atoms. The summed E-state index contributed by atoms with van der Waals surface area (Å²) in [6.45, 7) is 0.918. The second-order valence-corrected chi connectivity index (χ2v) is 3.46. The number of nitrogens with zero attached hydrogens (tertiary/aromatic N) is 1. The van der Waals surface area contributed by atoms with E-state index in [1.165, 1.54) is 5.56 Å². The molecule has 13 heavy (non-hydrogen) atoms. The summed E-state index contributed by atoms with van der Waals surface area (Å²) in [6.07, 6.45) is 4.32. The predicted molar refractivity (Wildman–Crippen MR) is 52.1 cm³/mol. The van der Waals surface area contributed by atoms with E-state index in [0.29, 0.717) is 0 Å². The van der Waals surface area contributed by atoms with Gasteiger partial charge in [-0.25, -0.2) is 0 Å². The number of furan rings is 1. The van der Waals surface area contributed by atoms with Gasteiger partial charge in [-0.15, -0.1) is 0 Å². The van der Waals surface area contributed by atoms with E-state index in [2.05, 4.69) is 10.3 Å². The van der Waals surface area contributed by atoms with E-state index in [9.17, 15) is 0 Å². The van der Waals surface area contributed by atoms with Crippen LogP contribution in [0.5, 0.6) is 0 Å². The first-order valence-electron chi connectivity index (χ1n) is 4.34. The van der Waals surface area contributed by atoms with Gasteiger partial charge in [0.2, 0.25) is 0 Å². The highest BCUT2D eigenvalue weighted by atomic mass is 16.3. The maximum atomic E-state index is 5.43. The van der Waals surface area contributed by atoms with Crippen LogP contribution in [0.4, 0.5) is 0 Å². The van der Waals surface area contributed by atoms with E-state index >= 15 is 0 Å². The molecule has 1 aromatic heterocycles. The first-order chi connectivity index (χ1) is 6.22. The summed E-state index contributed by atoms with van der Waals surface area (Å²) in [7, 11) is 4.05. The average Bonchev–Trinajstić information content (AvgIpc) is 2.55. The van der Waals surface area contributed by atoms with Crippen molar-refractivity contribution in [3.63, 3.8) is 0 Å². The van der Waals surface area contributed by atoms with Gasteiger partial charge in [-0.2, -0.15) is 0 Å². The zero-order chi connectivity index (χ0) is 9.68. The highest BCUT2D eigenvalue weighted by Gasteiger charge is 2.08. The third-order valence-corrected chi connectivity index (χ3v) is 1.88. The molecule has 0 aliphatic rings. The van der Waals surface area contributed by atoms with Gasteiger partial charge in [-0.05, 0) is 32.1 Å². The molecule has 1 heterocycles. The monoisotopic (exact) mass is 183 g/mol. The molecule has 1 atom stereocenters. The van der Waals surface area contributed by atoms with E-state index in [4.69, 9.17) is 10.3 Å². The highest BCUT2D eigenvalue weighted by molar-refractivity contribution is 5.07. The quantitative estimate of drug-likeness (QED) is 0.506. The largest absolute Gasteiger partial charge is 0.472 e. The Morgan fingerprint density at radius 1 is 1.62 bits per heavy atom. The van der Waals surface area contributed by atoms with Crippen molar-refractivity contribution in [2.75, 3.05) is 20.6 Å². The van der Waals surface area contributed by atoms with Gasteiger partial charge >= 0.3 is 0 Å². The number of hydrogen-bond acceptors (Lipinski definition) is 4. The fraction of sp³-hybridized carbons (Fsp3) is 0.556. The van der Waals surface area contributed by atoms with Gasteiger partial charge in [0, 0.05) is 12.6 Å². The van der Waals surface area contributed by atoms with Gasteiger partial charge in [-0.1, -0.05) is 0 Å². The molecule has 4 nitrogen and oxygen atoms in total. The van der Waals surface area contributed by atoms with Crippen molar-refractivity contribution in [2.24, 2.45) is 5.84 Å². The Hall–Kier alpha value is -0.840. The second kappa shape index (κ2) is 5.01. The van der Waals surface area contributed by atoms with Crippen LogP contribution in [0.2, 0.25) is 0 Å². The SMILES string of the molecule is CN(C)CC(Cc1ccoc1)NN. The lowest BCUT2D eigenvalue weighted by atomic mass is 10.1. The van der Waals surface area contributed by atoms with Gasteiger partial charge in [0.25, 0.3) is 0 Å². The van der Waals surface area contributed by atoms with Crippen LogP contribution < -0.4 is 11.3 Å². The van der Waals surface area contributed by atoms with Crippen LogP contribution in [0.1, 0.15) is 5.56 Å². The van der Waals surface area contributed by atoms with Gasteiger partial charge < -0.3 is 9.32 Å². The van der Waals surface area contributed by atoms with Crippen molar-refractivity contribution in [3.05, 3.63) is 24.2 Å². The lowest BCUT2D eigenvalue weighted by molar-refractivity contribution is 0.338. The number of nitrogens with two attached hydrogens (primary N) is 1. The molecule has 4 heteroatoms. The third-order valence-electron chi connectivity index (χ3n) is 1.88. The average molecular weight is 183 g/mol. The summed E-state index contributed by atoms with van der Waals surface area (Å²) in [5.74, 6) is 5.43. The third kappa shape index (κ3) is 3.59. The molecular formula is C9H17N3O. The molecule has 3 N–H and O–H groups in total. The Morgan fingerprint density at radius 2 is 2.38 bits per heavy atom. The molecular weight excluding hydrogens is 166 g/mol. The first-order valence-corrected chi connectivity index (χ1v) is 4.34. The summed E-state index contributed by atoms with van der Waals surface area (Å²) in [4.78, 5) is 2.10. The topological polar surface area (TPSA) is 54.4 Å². The summed E-state index contributed by atoms with van der Waals surface area (Å²) < 4.78 is 4.98. The molecule has 74 valence electrons. The van der Waals surface area contributed by atoms with Crippen molar-refractivity contribution >= 4 is 0 Å². The minimum Gasteiger partial charge on any atom is -0.472 e. The molecule has 0 fully saturated rings. The first kappa shape index (κ1) is 10.2. The lowest BCUT2D eigenvalue weighted by Crippen LogP contribution is -2.43. The molecule has 1 aromatic rings. The maximum absolute atomic E-state index is 5.43. The number of likely N-dealkylation sites (N-methyl/N-ethyl adjacent to an activating group) is 1. The van der Waals surface area contributed by atoms with Crippen LogP contribution >= 0.6 is 0 Å². The number of rotatable bonds is 5. The summed E-state index contributed by atoms with van der Waals surface area (Å²) in [5, 5.41) is 0. The number of hydrogen-bond donors (Lipinski definition) is 2. The summed E-state index contributed by atoms with van der Waals surface area (Å²) in [6, 6.07) is 2.23. The number of hydrazine groups is 1. The van der Waals surface area contributed by atoms with Crippen molar-refractivity contribution in [1.82, 2.24) is 10.3 Å². The molecule has 0 radical (unpaired) electrons. The predicted octanol–water partition coefficient (Wildman–Crippen LogP) is 0.216. The zero-order valence-corrected chi connectivity index (χ0v) is 8.16. The van der Waals surface area contributed by atoms with Crippen LogP contribution in [-0.4, -0.2) is 31.6 Å². The van der Waals surface area contributed by atoms with Crippen molar-refractivity contribution in [3.8, 4) is 0 Å². The van der Waals surface area contributed by atoms with Gasteiger partial charge in [0.15, 0.2) is 0 Å². The van der Waals surface area contributed by atoms with Crippen LogP contribution in [0, 0.1) is 0 Å². The van der Waals surface area contributed by atoms with Gasteiger partial charge in [0.05, 0.1) is 12.5 Å². The minimum absolute atomic E-state index is 0.271. The number of nitrogens with one attached hydrogen (secondary N) is 1. The fourth-order valence-electron chi connectivity index (χ4n) is 1.31. The van der Waals surface area contributed by atoms with Crippen LogP contribution in [0.15, 0.2) is 23.0 Å².